The van der Waals surface area contributed by atoms with Crippen molar-refractivity contribution in [2.24, 2.45) is 5.92 Å². The first kappa shape index (κ1) is 17.0. The normalized spacial score (nSPS) is 20.2. The Kier molecular flexibility index (Phi) is 4.36. The predicted octanol–water partition coefficient (Wildman–Crippen LogP) is 2.31. The number of hydrogen-bond acceptors (Lipinski definition) is 4. The van der Waals surface area contributed by atoms with Crippen LogP contribution in [0.15, 0.2) is 30.5 Å². The monoisotopic (exact) mass is 353 g/mol. The summed E-state index contributed by atoms with van der Waals surface area (Å²) in [4.78, 5) is 27.0. The van der Waals surface area contributed by atoms with Crippen LogP contribution >= 0.6 is 0 Å². The number of ether oxygens (including phenoxy) is 1. The minimum absolute atomic E-state index is 0.0840. The topological polar surface area (TPSA) is 64.4 Å². The molecule has 1 aromatic heterocycles. The number of rotatable bonds is 4. The third-order valence-corrected chi connectivity index (χ3v) is 5.23. The molecule has 1 aliphatic carbocycles. The number of carbonyl (C=O) groups is 2. The molecule has 1 atom stereocenters. The summed E-state index contributed by atoms with van der Waals surface area (Å²) >= 11 is 0. The highest BCUT2D eigenvalue weighted by molar-refractivity contribution is 5.96. The van der Waals surface area contributed by atoms with Gasteiger partial charge in [0.1, 0.15) is 6.10 Å². The molecule has 0 bridgehead atoms. The van der Waals surface area contributed by atoms with Gasteiger partial charge >= 0.3 is 0 Å². The van der Waals surface area contributed by atoms with Crippen LogP contribution < -0.4 is 0 Å². The smallest absolute Gasteiger partial charge is 0.257 e. The molecule has 1 saturated carbocycles. The van der Waals surface area contributed by atoms with Crippen LogP contribution in [0.2, 0.25) is 0 Å². The number of aromatic nitrogens is 2. The summed E-state index contributed by atoms with van der Waals surface area (Å²) in [5.41, 5.74) is 3.45. The Balaban J connectivity index is 1.55. The molecule has 0 radical (unpaired) electrons. The van der Waals surface area contributed by atoms with Gasteiger partial charge in [0, 0.05) is 12.5 Å². The minimum atomic E-state index is -0.480. The summed E-state index contributed by atoms with van der Waals surface area (Å²) < 4.78 is 7.41. The van der Waals surface area contributed by atoms with Gasteiger partial charge in [0.2, 0.25) is 0 Å². The van der Waals surface area contributed by atoms with E-state index in [2.05, 4.69) is 5.10 Å². The van der Waals surface area contributed by atoms with Gasteiger partial charge in [-0.05, 0) is 38.3 Å². The van der Waals surface area contributed by atoms with E-state index in [1.54, 1.807) is 15.8 Å². The molecule has 1 aliphatic heterocycles. The van der Waals surface area contributed by atoms with Crippen molar-refractivity contribution in [3.63, 3.8) is 0 Å². The van der Waals surface area contributed by atoms with Gasteiger partial charge in [-0.25, -0.2) is 4.68 Å². The van der Waals surface area contributed by atoms with Crippen molar-refractivity contribution < 1.29 is 14.3 Å². The molecule has 6 heteroatoms. The van der Waals surface area contributed by atoms with E-state index in [0.29, 0.717) is 25.3 Å². The molecule has 1 saturated heterocycles. The number of Topliss-reactive ketones (excluding diaryl/α,β-unsaturated/α-hetero) is 1. The zero-order valence-electron chi connectivity index (χ0n) is 15.1. The Morgan fingerprint density at radius 2 is 1.96 bits per heavy atom. The van der Waals surface area contributed by atoms with Crippen LogP contribution in [0.25, 0.3) is 5.69 Å². The van der Waals surface area contributed by atoms with E-state index in [4.69, 9.17) is 4.74 Å². The summed E-state index contributed by atoms with van der Waals surface area (Å²) in [6, 6.07) is 7.95. The maximum atomic E-state index is 13.0. The molecule has 0 spiro atoms. The van der Waals surface area contributed by atoms with Gasteiger partial charge in [-0.3, -0.25) is 9.59 Å². The van der Waals surface area contributed by atoms with Crippen LogP contribution in [-0.4, -0.2) is 52.2 Å². The highest BCUT2D eigenvalue weighted by Gasteiger charge is 2.38. The molecule has 2 fully saturated rings. The van der Waals surface area contributed by atoms with E-state index in [1.165, 1.54) is 0 Å². The number of benzene rings is 1. The van der Waals surface area contributed by atoms with Crippen molar-refractivity contribution in [2.45, 2.75) is 32.8 Å². The number of para-hydroxylation sites is 1. The van der Waals surface area contributed by atoms with Crippen molar-refractivity contribution in [3.05, 3.63) is 47.3 Å². The van der Waals surface area contributed by atoms with Gasteiger partial charge < -0.3 is 9.64 Å². The predicted molar refractivity (Wildman–Crippen MR) is 96.4 cm³/mol. The van der Waals surface area contributed by atoms with Crippen LogP contribution in [0.4, 0.5) is 0 Å². The summed E-state index contributed by atoms with van der Waals surface area (Å²) in [6.07, 6.45) is 3.05. The van der Waals surface area contributed by atoms with Crippen LogP contribution in [-0.2, 0) is 9.53 Å². The number of aryl methyl sites for hydroxylation is 1. The van der Waals surface area contributed by atoms with E-state index < -0.39 is 6.10 Å². The van der Waals surface area contributed by atoms with E-state index in [9.17, 15) is 9.59 Å². The Morgan fingerprint density at radius 3 is 2.69 bits per heavy atom. The summed E-state index contributed by atoms with van der Waals surface area (Å²) in [5, 5.41) is 4.43. The first-order valence-corrected chi connectivity index (χ1v) is 9.11. The third-order valence-electron chi connectivity index (χ3n) is 5.23. The van der Waals surface area contributed by atoms with Crippen molar-refractivity contribution in [1.29, 1.82) is 0 Å². The van der Waals surface area contributed by atoms with Gasteiger partial charge in [0.25, 0.3) is 5.91 Å². The first-order chi connectivity index (χ1) is 12.6. The number of nitrogens with zero attached hydrogens (tertiary/aromatic N) is 3. The molecule has 1 amide bonds. The first-order valence-electron chi connectivity index (χ1n) is 9.11. The maximum absolute atomic E-state index is 13.0. The third kappa shape index (κ3) is 3.05. The molecule has 2 aliphatic rings. The van der Waals surface area contributed by atoms with E-state index in [-0.39, 0.29) is 17.6 Å². The Bertz CT molecular complexity index is 854. The van der Waals surface area contributed by atoms with Crippen molar-refractivity contribution in [3.8, 4) is 5.69 Å². The lowest BCUT2D eigenvalue weighted by molar-refractivity contribution is -0.136. The molecule has 6 nitrogen and oxygen atoms in total. The van der Waals surface area contributed by atoms with Crippen LogP contribution in [0, 0.1) is 19.8 Å². The zero-order valence-corrected chi connectivity index (χ0v) is 15.1. The standard InChI is InChI=1S/C20H23N3O3/c1-13-5-3-4-6-17(13)23-14(2)16(11-21-23)20(25)22-9-10-26-18(12-22)19(24)15-7-8-15/h3-6,11,15,18H,7-10,12H2,1-2H3. The molecular weight excluding hydrogens is 330 g/mol. The molecule has 2 heterocycles. The number of amides is 1. The van der Waals surface area contributed by atoms with E-state index in [0.717, 1.165) is 29.8 Å². The van der Waals surface area contributed by atoms with E-state index in [1.807, 2.05) is 38.1 Å². The largest absolute Gasteiger partial charge is 0.367 e. The van der Waals surface area contributed by atoms with Gasteiger partial charge in [-0.2, -0.15) is 5.10 Å². The second-order valence-corrected chi connectivity index (χ2v) is 7.13. The molecule has 1 aromatic carbocycles. The SMILES string of the molecule is Cc1ccccc1-n1ncc(C(=O)N2CCOC(C(=O)C3CC3)C2)c1C. The average Bonchev–Trinajstić information content (AvgIpc) is 3.44. The fourth-order valence-corrected chi connectivity index (χ4v) is 3.47. The van der Waals surface area contributed by atoms with Crippen LogP contribution in [0.1, 0.15) is 34.5 Å². The maximum Gasteiger partial charge on any atom is 0.257 e. The highest BCUT2D eigenvalue weighted by atomic mass is 16.5. The second kappa shape index (κ2) is 6.68. The lowest BCUT2D eigenvalue weighted by Crippen LogP contribution is -2.49. The number of carbonyl (C=O) groups excluding carboxylic acids is 2. The van der Waals surface area contributed by atoms with Gasteiger partial charge in [-0.15, -0.1) is 0 Å². The molecule has 4 rings (SSSR count). The second-order valence-electron chi connectivity index (χ2n) is 7.13. The van der Waals surface area contributed by atoms with Gasteiger partial charge in [-0.1, -0.05) is 18.2 Å². The summed E-state index contributed by atoms with van der Waals surface area (Å²) in [5.74, 6) is 0.203. The zero-order chi connectivity index (χ0) is 18.3. The number of hydrogen-bond donors (Lipinski definition) is 0. The highest BCUT2D eigenvalue weighted by Crippen LogP contribution is 2.32. The molecule has 2 aromatic rings. The average molecular weight is 353 g/mol. The fraction of sp³-hybridized carbons (Fsp3) is 0.450. The van der Waals surface area contributed by atoms with Crippen LogP contribution in [0.5, 0.6) is 0 Å². The molecule has 1 unspecified atom stereocenters. The fourth-order valence-electron chi connectivity index (χ4n) is 3.47. The van der Waals surface area contributed by atoms with Gasteiger partial charge in [0.05, 0.1) is 36.3 Å². The molecular formula is C20H23N3O3. The minimum Gasteiger partial charge on any atom is -0.367 e. The number of ketones is 1. The quantitative estimate of drug-likeness (QED) is 0.846. The molecule has 136 valence electrons. The Morgan fingerprint density at radius 1 is 1.19 bits per heavy atom. The van der Waals surface area contributed by atoms with E-state index >= 15 is 0 Å². The van der Waals surface area contributed by atoms with Crippen molar-refractivity contribution >= 4 is 11.7 Å². The molecule has 0 N–H and O–H groups in total. The summed E-state index contributed by atoms with van der Waals surface area (Å²) in [7, 11) is 0. The number of morpholine rings is 1. The van der Waals surface area contributed by atoms with Crippen LogP contribution in [0.3, 0.4) is 0 Å². The Labute approximate surface area is 152 Å². The van der Waals surface area contributed by atoms with Crippen molar-refractivity contribution in [2.75, 3.05) is 19.7 Å². The lowest BCUT2D eigenvalue weighted by atomic mass is 10.1. The lowest BCUT2D eigenvalue weighted by Gasteiger charge is -2.32. The van der Waals surface area contributed by atoms with Gasteiger partial charge in [0.15, 0.2) is 5.78 Å². The summed E-state index contributed by atoms with van der Waals surface area (Å²) in [6.45, 7) is 5.17. The molecule has 26 heavy (non-hydrogen) atoms. The Hall–Kier alpha value is -2.47. The van der Waals surface area contributed by atoms with Crippen molar-refractivity contribution in [1.82, 2.24) is 14.7 Å².